The Bertz CT molecular complexity index is 933. The number of primary amides is 1. The van der Waals surface area contributed by atoms with Gasteiger partial charge in [0.1, 0.15) is 5.75 Å². The van der Waals surface area contributed by atoms with E-state index in [9.17, 15) is 19.5 Å². The molecule has 30 heavy (non-hydrogen) atoms. The summed E-state index contributed by atoms with van der Waals surface area (Å²) in [4.78, 5) is 41.9. The number of hydrogen-bond acceptors (Lipinski definition) is 5. The summed E-state index contributed by atoms with van der Waals surface area (Å²) in [6, 6.07) is 7.14. The standard InChI is InChI=1S/C21H23N4O4.ClH/c1-13-11-17(18(26)12-23-13)19(27)14-4-6-15(7-5-14)20(28)24-16-3-2-9-25(10-8-16)21(22)29;/h4-8,11-12,16,26H,2-3,9-10H2,1H3,(H2,22,29)(H,24,28);1H/t16-;/m0./s1. The van der Waals surface area contributed by atoms with Gasteiger partial charge in [-0.25, -0.2) is 4.79 Å². The summed E-state index contributed by atoms with van der Waals surface area (Å²) >= 11 is 0. The fourth-order valence-corrected chi connectivity index (χ4v) is 3.21. The molecule has 159 valence electrons. The van der Waals surface area contributed by atoms with E-state index in [2.05, 4.69) is 10.3 Å². The van der Waals surface area contributed by atoms with Gasteiger partial charge in [-0.05, 0) is 38.0 Å². The van der Waals surface area contributed by atoms with Crippen molar-refractivity contribution >= 4 is 30.1 Å². The number of aromatic hydroxyl groups is 1. The number of aryl methyl sites for hydroxylation is 1. The van der Waals surface area contributed by atoms with Crippen LogP contribution in [-0.2, 0) is 0 Å². The SMILES string of the molecule is Cc1cc(C(=O)c2ccc(C(=O)N[C@@H]3[CH]CN(C(N)=O)CCC3)cc2)c(O)cn1.Cl. The molecule has 2 aromatic rings. The molecule has 1 aliphatic heterocycles. The zero-order valence-corrected chi connectivity index (χ0v) is 17.3. The molecule has 3 amide bonds. The molecule has 1 aromatic heterocycles. The van der Waals surface area contributed by atoms with Crippen molar-refractivity contribution in [3.05, 3.63) is 65.3 Å². The van der Waals surface area contributed by atoms with Crippen molar-refractivity contribution in [3.63, 3.8) is 0 Å². The molecule has 1 aliphatic rings. The van der Waals surface area contributed by atoms with E-state index in [1.165, 1.54) is 17.2 Å². The normalized spacial score (nSPS) is 16.2. The average molecular weight is 432 g/mol. The second kappa shape index (κ2) is 10.1. The lowest BCUT2D eigenvalue weighted by Crippen LogP contribution is -2.39. The molecule has 3 rings (SSSR count). The third-order valence-corrected chi connectivity index (χ3v) is 4.86. The van der Waals surface area contributed by atoms with E-state index in [-0.39, 0.29) is 41.5 Å². The predicted molar refractivity (Wildman–Crippen MR) is 114 cm³/mol. The van der Waals surface area contributed by atoms with Gasteiger partial charge in [0, 0.05) is 42.4 Å². The third kappa shape index (κ3) is 5.48. The van der Waals surface area contributed by atoms with Gasteiger partial charge in [-0.3, -0.25) is 14.6 Å². The first-order valence-corrected chi connectivity index (χ1v) is 9.34. The van der Waals surface area contributed by atoms with Crippen LogP contribution in [0, 0.1) is 13.3 Å². The molecule has 2 heterocycles. The zero-order chi connectivity index (χ0) is 21.0. The molecule has 0 aliphatic carbocycles. The second-order valence-electron chi connectivity index (χ2n) is 6.99. The van der Waals surface area contributed by atoms with Crippen LogP contribution in [-0.4, -0.2) is 51.8 Å². The number of halogens is 1. The van der Waals surface area contributed by atoms with Crippen LogP contribution in [0.25, 0.3) is 0 Å². The van der Waals surface area contributed by atoms with Crippen molar-refractivity contribution in [2.24, 2.45) is 5.73 Å². The lowest BCUT2D eigenvalue weighted by atomic mass is 10.0. The molecule has 1 atom stereocenters. The van der Waals surface area contributed by atoms with Crippen molar-refractivity contribution < 1.29 is 19.5 Å². The molecule has 1 radical (unpaired) electrons. The minimum Gasteiger partial charge on any atom is -0.506 e. The summed E-state index contributed by atoms with van der Waals surface area (Å²) in [5, 5.41) is 12.8. The molecule has 1 fully saturated rings. The molecule has 1 saturated heterocycles. The summed E-state index contributed by atoms with van der Waals surface area (Å²) in [7, 11) is 0. The van der Waals surface area contributed by atoms with Crippen LogP contribution >= 0.6 is 12.4 Å². The monoisotopic (exact) mass is 431 g/mol. The maximum absolute atomic E-state index is 12.6. The number of urea groups is 1. The Kier molecular flexibility index (Phi) is 7.77. The Morgan fingerprint density at radius 1 is 1.20 bits per heavy atom. The lowest BCUT2D eigenvalue weighted by molar-refractivity contribution is 0.0939. The smallest absolute Gasteiger partial charge is 0.314 e. The van der Waals surface area contributed by atoms with Crippen LogP contribution in [0.2, 0.25) is 0 Å². The number of carbonyl (C=O) groups is 3. The molecule has 9 heteroatoms. The Balaban J connectivity index is 0.00000320. The van der Waals surface area contributed by atoms with Crippen LogP contribution < -0.4 is 11.1 Å². The molecular weight excluding hydrogens is 408 g/mol. The molecule has 0 unspecified atom stereocenters. The average Bonchev–Trinajstić information content (AvgIpc) is 2.95. The highest BCUT2D eigenvalue weighted by Crippen LogP contribution is 2.20. The maximum Gasteiger partial charge on any atom is 0.314 e. The Labute approximate surface area is 180 Å². The van der Waals surface area contributed by atoms with Gasteiger partial charge in [-0.1, -0.05) is 12.1 Å². The number of amides is 3. The van der Waals surface area contributed by atoms with Gasteiger partial charge >= 0.3 is 6.03 Å². The summed E-state index contributed by atoms with van der Waals surface area (Å²) in [6.45, 7) is 2.69. The molecular formula is C21H24ClN4O4. The quantitative estimate of drug-likeness (QED) is 0.640. The lowest BCUT2D eigenvalue weighted by Gasteiger charge is -2.18. The third-order valence-electron chi connectivity index (χ3n) is 4.86. The Hall–Kier alpha value is -3.13. The second-order valence-corrected chi connectivity index (χ2v) is 6.99. The summed E-state index contributed by atoms with van der Waals surface area (Å²) < 4.78 is 0. The number of carbonyl (C=O) groups excluding carboxylic acids is 3. The number of benzene rings is 1. The van der Waals surface area contributed by atoms with E-state index in [1.807, 2.05) is 6.42 Å². The number of ketones is 1. The first-order valence-electron chi connectivity index (χ1n) is 9.34. The molecule has 1 aromatic carbocycles. The van der Waals surface area contributed by atoms with Gasteiger partial charge in [0.25, 0.3) is 5.91 Å². The highest BCUT2D eigenvalue weighted by molar-refractivity contribution is 6.11. The van der Waals surface area contributed by atoms with Crippen molar-refractivity contribution in [2.45, 2.75) is 25.8 Å². The Morgan fingerprint density at radius 3 is 2.53 bits per heavy atom. The van der Waals surface area contributed by atoms with Crippen LogP contribution in [0.3, 0.4) is 0 Å². The first-order chi connectivity index (χ1) is 13.8. The van der Waals surface area contributed by atoms with E-state index < -0.39 is 6.03 Å². The summed E-state index contributed by atoms with van der Waals surface area (Å²) in [6.07, 6.45) is 4.56. The zero-order valence-electron chi connectivity index (χ0n) is 16.5. The fourth-order valence-electron chi connectivity index (χ4n) is 3.21. The fraction of sp³-hybridized carbons (Fsp3) is 0.286. The van der Waals surface area contributed by atoms with Gasteiger partial charge in [-0.2, -0.15) is 0 Å². The van der Waals surface area contributed by atoms with Crippen molar-refractivity contribution in [3.8, 4) is 5.75 Å². The van der Waals surface area contributed by atoms with Crippen molar-refractivity contribution in [2.75, 3.05) is 13.1 Å². The number of nitrogens with zero attached hydrogens (tertiary/aromatic N) is 2. The molecule has 8 nitrogen and oxygen atoms in total. The van der Waals surface area contributed by atoms with Crippen molar-refractivity contribution in [1.29, 1.82) is 0 Å². The molecule has 0 saturated carbocycles. The largest absolute Gasteiger partial charge is 0.506 e. The predicted octanol–water partition coefficient (Wildman–Crippen LogP) is 2.23. The van der Waals surface area contributed by atoms with Gasteiger partial charge in [0.15, 0.2) is 5.78 Å². The molecule has 0 spiro atoms. The van der Waals surface area contributed by atoms with E-state index in [4.69, 9.17) is 5.73 Å². The van der Waals surface area contributed by atoms with Crippen molar-refractivity contribution in [1.82, 2.24) is 15.2 Å². The van der Waals surface area contributed by atoms with Crippen LogP contribution in [0.4, 0.5) is 4.79 Å². The maximum atomic E-state index is 12.6. The number of hydrogen-bond donors (Lipinski definition) is 3. The molecule has 0 bridgehead atoms. The number of nitrogens with one attached hydrogen (secondary N) is 1. The number of pyridine rings is 1. The number of likely N-dealkylation sites (tertiary alicyclic amines) is 1. The van der Waals surface area contributed by atoms with E-state index in [1.54, 1.807) is 31.2 Å². The van der Waals surface area contributed by atoms with E-state index >= 15 is 0 Å². The van der Waals surface area contributed by atoms with Gasteiger partial charge in [0.05, 0.1) is 11.8 Å². The first kappa shape index (κ1) is 23.2. The number of nitrogens with two attached hydrogens (primary N) is 1. The number of aromatic nitrogens is 1. The summed E-state index contributed by atoms with van der Waals surface area (Å²) in [5.74, 6) is -0.791. The summed E-state index contributed by atoms with van der Waals surface area (Å²) in [5.41, 5.74) is 6.88. The van der Waals surface area contributed by atoms with E-state index in [0.29, 0.717) is 36.3 Å². The minimum absolute atomic E-state index is 0. The minimum atomic E-state index is -0.469. The van der Waals surface area contributed by atoms with E-state index in [0.717, 1.165) is 6.42 Å². The highest BCUT2D eigenvalue weighted by atomic mass is 35.5. The van der Waals surface area contributed by atoms with Gasteiger partial charge in [0.2, 0.25) is 0 Å². The van der Waals surface area contributed by atoms with Gasteiger partial charge < -0.3 is 21.1 Å². The molecule has 4 N–H and O–H groups in total. The van der Waals surface area contributed by atoms with Gasteiger partial charge in [-0.15, -0.1) is 12.4 Å². The van der Waals surface area contributed by atoms with Crippen LogP contribution in [0.1, 0.15) is 44.8 Å². The number of rotatable bonds is 4. The highest BCUT2D eigenvalue weighted by Gasteiger charge is 2.21. The Morgan fingerprint density at radius 2 is 1.87 bits per heavy atom. The topological polar surface area (TPSA) is 126 Å². The van der Waals surface area contributed by atoms with Crippen LogP contribution in [0.5, 0.6) is 5.75 Å². The van der Waals surface area contributed by atoms with Crippen LogP contribution in [0.15, 0.2) is 36.5 Å².